The minimum atomic E-state index is 0.178. The summed E-state index contributed by atoms with van der Waals surface area (Å²) in [6, 6.07) is 8.84. The van der Waals surface area contributed by atoms with Gasteiger partial charge in [-0.1, -0.05) is 24.3 Å². The first-order valence-corrected chi connectivity index (χ1v) is 8.83. The number of nitrogens with zero attached hydrogens (tertiary/aromatic N) is 4. The highest BCUT2D eigenvalue weighted by molar-refractivity contribution is 5.78. The third-order valence-corrected chi connectivity index (χ3v) is 5.90. The van der Waals surface area contributed by atoms with Crippen molar-refractivity contribution in [1.82, 2.24) is 19.7 Å². The van der Waals surface area contributed by atoms with Gasteiger partial charge in [-0.15, -0.1) is 10.2 Å². The highest BCUT2D eigenvalue weighted by atomic mass is 16.2. The molecule has 5 heteroatoms. The van der Waals surface area contributed by atoms with Gasteiger partial charge in [-0.25, -0.2) is 0 Å². The Balaban J connectivity index is 1.39. The summed E-state index contributed by atoms with van der Waals surface area (Å²) in [5, 5.41) is 7.88. The standard InChI is InChI=1S/C19H24N4O/c1-22-14-20-21-17(22)12-18(24)23-10-8-19(9-11-23)7-6-15-4-2-3-5-16(15)13-19/h2-5,14H,6-13H2,1H3. The van der Waals surface area contributed by atoms with E-state index in [4.69, 9.17) is 0 Å². The number of aryl methyl sites for hydroxylation is 2. The molecule has 1 aliphatic carbocycles. The minimum absolute atomic E-state index is 0.178. The zero-order valence-corrected chi connectivity index (χ0v) is 14.2. The van der Waals surface area contributed by atoms with Gasteiger partial charge >= 0.3 is 0 Å². The Kier molecular flexibility index (Phi) is 3.87. The van der Waals surface area contributed by atoms with E-state index in [0.29, 0.717) is 11.8 Å². The average molecular weight is 324 g/mol. The van der Waals surface area contributed by atoms with Crippen molar-refractivity contribution >= 4 is 5.91 Å². The maximum absolute atomic E-state index is 12.5. The fourth-order valence-corrected chi connectivity index (χ4v) is 4.24. The second-order valence-electron chi connectivity index (χ2n) is 7.36. The summed E-state index contributed by atoms with van der Waals surface area (Å²) in [5.74, 6) is 0.920. The molecule has 0 saturated carbocycles. The third kappa shape index (κ3) is 2.83. The van der Waals surface area contributed by atoms with Gasteiger partial charge in [0.1, 0.15) is 12.2 Å². The minimum Gasteiger partial charge on any atom is -0.342 e. The van der Waals surface area contributed by atoms with Crippen LogP contribution in [0.1, 0.15) is 36.2 Å². The van der Waals surface area contributed by atoms with Crippen molar-refractivity contribution in [3.63, 3.8) is 0 Å². The molecule has 0 radical (unpaired) electrons. The lowest BCUT2D eigenvalue weighted by Crippen LogP contribution is -2.45. The van der Waals surface area contributed by atoms with Crippen LogP contribution in [0.4, 0.5) is 0 Å². The predicted octanol–water partition coefficient (Wildman–Crippen LogP) is 2.16. The van der Waals surface area contributed by atoms with E-state index in [1.807, 2.05) is 16.5 Å². The molecule has 2 aromatic rings. The molecule has 1 amide bonds. The number of hydrogen-bond acceptors (Lipinski definition) is 3. The molecule has 1 aliphatic heterocycles. The van der Waals surface area contributed by atoms with Crippen LogP contribution in [-0.4, -0.2) is 38.7 Å². The zero-order valence-electron chi connectivity index (χ0n) is 14.2. The largest absolute Gasteiger partial charge is 0.342 e. The quantitative estimate of drug-likeness (QED) is 0.850. The van der Waals surface area contributed by atoms with Gasteiger partial charge < -0.3 is 9.47 Å². The Labute approximate surface area is 142 Å². The molecule has 5 nitrogen and oxygen atoms in total. The summed E-state index contributed by atoms with van der Waals surface area (Å²) in [6.45, 7) is 1.75. The number of aromatic nitrogens is 3. The van der Waals surface area contributed by atoms with Crippen LogP contribution in [0.2, 0.25) is 0 Å². The maximum atomic E-state index is 12.5. The average Bonchev–Trinajstić information content (AvgIpc) is 3.00. The molecule has 1 saturated heterocycles. The fourth-order valence-electron chi connectivity index (χ4n) is 4.24. The lowest BCUT2D eigenvalue weighted by molar-refractivity contribution is -0.133. The Hall–Kier alpha value is -2.17. The van der Waals surface area contributed by atoms with Gasteiger partial charge in [-0.2, -0.15) is 0 Å². The zero-order chi connectivity index (χ0) is 16.6. The summed E-state index contributed by atoms with van der Waals surface area (Å²) in [7, 11) is 1.88. The Morgan fingerprint density at radius 1 is 1.17 bits per heavy atom. The number of likely N-dealkylation sites (tertiary alicyclic amines) is 1. The highest BCUT2D eigenvalue weighted by Gasteiger charge is 2.38. The van der Waals surface area contributed by atoms with Crippen molar-refractivity contribution in [1.29, 1.82) is 0 Å². The van der Waals surface area contributed by atoms with Crippen LogP contribution >= 0.6 is 0 Å². The number of piperidine rings is 1. The molecule has 1 spiro atoms. The van der Waals surface area contributed by atoms with E-state index in [-0.39, 0.29) is 5.91 Å². The SMILES string of the molecule is Cn1cnnc1CC(=O)N1CCC2(CCc3ccccc3C2)CC1. The smallest absolute Gasteiger partial charge is 0.230 e. The van der Waals surface area contributed by atoms with Gasteiger partial charge in [-0.3, -0.25) is 4.79 Å². The number of rotatable bonds is 2. The summed E-state index contributed by atoms with van der Waals surface area (Å²) in [4.78, 5) is 14.5. The van der Waals surface area contributed by atoms with E-state index in [2.05, 4.69) is 34.5 Å². The van der Waals surface area contributed by atoms with Crippen LogP contribution in [0, 0.1) is 5.41 Å². The molecular formula is C19H24N4O. The van der Waals surface area contributed by atoms with E-state index >= 15 is 0 Å². The molecule has 2 aliphatic rings. The topological polar surface area (TPSA) is 51.0 Å². The van der Waals surface area contributed by atoms with Crippen molar-refractivity contribution < 1.29 is 4.79 Å². The van der Waals surface area contributed by atoms with Crippen molar-refractivity contribution in [3.8, 4) is 0 Å². The Bertz CT molecular complexity index is 743. The monoisotopic (exact) mass is 324 g/mol. The molecule has 0 unspecified atom stereocenters. The predicted molar refractivity (Wildman–Crippen MR) is 91.4 cm³/mol. The summed E-state index contributed by atoms with van der Waals surface area (Å²) in [5.41, 5.74) is 3.43. The molecule has 4 rings (SSSR count). The van der Waals surface area contributed by atoms with E-state index in [9.17, 15) is 4.79 Å². The molecule has 24 heavy (non-hydrogen) atoms. The molecular weight excluding hydrogens is 300 g/mol. The van der Waals surface area contributed by atoms with Crippen LogP contribution < -0.4 is 0 Å². The molecule has 0 bridgehead atoms. The summed E-state index contributed by atoms with van der Waals surface area (Å²) >= 11 is 0. The van der Waals surface area contributed by atoms with Crippen molar-refractivity contribution in [2.75, 3.05) is 13.1 Å². The molecule has 0 atom stereocenters. The van der Waals surface area contributed by atoms with Crippen molar-refractivity contribution in [2.45, 2.75) is 38.5 Å². The summed E-state index contributed by atoms with van der Waals surface area (Å²) in [6.07, 6.45) is 7.85. The van der Waals surface area contributed by atoms with Crippen LogP contribution in [0.3, 0.4) is 0 Å². The van der Waals surface area contributed by atoms with Crippen LogP contribution in [-0.2, 0) is 31.1 Å². The van der Waals surface area contributed by atoms with Gasteiger partial charge in [0, 0.05) is 20.1 Å². The van der Waals surface area contributed by atoms with Gasteiger partial charge in [0.15, 0.2) is 0 Å². The van der Waals surface area contributed by atoms with Crippen LogP contribution in [0.5, 0.6) is 0 Å². The molecule has 2 heterocycles. The molecule has 1 aromatic heterocycles. The van der Waals surface area contributed by atoms with Crippen molar-refractivity contribution in [3.05, 3.63) is 47.5 Å². The molecule has 0 N–H and O–H groups in total. The molecule has 1 aromatic carbocycles. The van der Waals surface area contributed by atoms with Crippen LogP contribution in [0.25, 0.3) is 0 Å². The number of benzene rings is 1. The number of carbonyl (C=O) groups excluding carboxylic acids is 1. The second-order valence-corrected chi connectivity index (χ2v) is 7.36. The normalized spacial score (nSPS) is 19.3. The van der Waals surface area contributed by atoms with E-state index in [1.165, 1.54) is 30.4 Å². The van der Waals surface area contributed by atoms with Crippen LogP contribution in [0.15, 0.2) is 30.6 Å². The van der Waals surface area contributed by atoms with Gasteiger partial charge in [0.2, 0.25) is 5.91 Å². The third-order valence-electron chi connectivity index (χ3n) is 5.90. The highest BCUT2D eigenvalue weighted by Crippen LogP contribution is 2.43. The maximum Gasteiger partial charge on any atom is 0.230 e. The van der Waals surface area contributed by atoms with Crippen molar-refractivity contribution in [2.24, 2.45) is 12.5 Å². The Morgan fingerprint density at radius 3 is 2.62 bits per heavy atom. The number of amides is 1. The van der Waals surface area contributed by atoms with E-state index in [0.717, 1.165) is 31.8 Å². The first-order valence-electron chi connectivity index (χ1n) is 8.83. The lowest BCUT2D eigenvalue weighted by atomic mass is 9.66. The van der Waals surface area contributed by atoms with Gasteiger partial charge in [0.05, 0.1) is 6.42 Å². The molecule has 126 valence electrons. The number of fused-ring (bicyclic) bond motifs is 1. The first-order chi connectivity index (χ1) is 11.7. The van der Waals surface area contributed by atoms with Gasteiger partial charge in [0.25, 0.3) is 0 Å². The Morgan fingerprint density at radius 2 is 1.92 bits per heavy atom. The summed E-state index contributed by atoms with van der Waals surface area (Å²) < 4.78 is 1.82. The fraction of sp³-hybridized carbons (Fsp3) is 0.526. The second kappa shape index (κ2) is 6.04. The number of hydrogen-bond donors (Lipinski definition) is 0. The van der Waals surface area contributed by atoms with E-state index in [1.54, 1.807) is 6.33 Å². The lowest BCUT2D eigenvalue weighted by Gasteiger charge is -2.44. The number of carbonyl (C=O) groups is 1. The van der Waals surface area contributed by atoms with Gasteiger partial charge in [-0.05, 0) is 48.6 Å². The van der Waals surface area contributed by atoms with E-state index < -0.39 is 0 Å². The molecule has 1 fully saturated rings. The first kappa shape index (κ1) is 15.4.